The molecule has 0 bridgehead atoms. The fourth-order valence-corrected chi connectivity index (χ4v) is 2.26. The molecule has 1 aromatic heterocycles. The number of fused-ring (bicyclic) bond motifs is 1. The van der Waals surface area contributed by atoms with Gasteiger partial charge in [0.25, 0.3) is 5.69 Å². The number of nitrogens with zero attached hydrogens (tertiary/aromatic N) is 2. The Hall–Kier alpha value is -3.48. The lowest BCUT2D eigenvalue weighted by atomic mass is 10.1. The molecule has 0 saturated carbocycles. The van der Waals surface area contributed by atoms with Gasteiger partial charge in [-0.3, -0.25) is 15.2 Å². The summed E-state index contributed by atoms with van der Waals surface area (Å²) in [6.45, 7) is 0. The lowest BCUT2D eigenvalue weighted by Crippen LogP contribution is -1.99. The molecule has 0 radical (unpaired) electrons. The van der Waals surface area contributed by atoms with Crippen LogP contribution in [0.3, 0.4) is 0 Å². The van der Waals surface area contributed by atoms with Crippen molar-refractivity contribution >= 4 is 34.7 Å². The summed E-state index contributed by atoms with van der Waals surface area (Å²) in [6.07, 6.45) is 3.20. The predicted octanol–water partition coefficient (Wildman–Crippen LogP) is 3.34. The molecule has 0 amide bonds. The van der Waals surface area contributed by atoms with Crippen molar-refractivity contribution in [3.63, 3.8) is 0 Å². The number of carboxylic acids is 1. The number of hydrogen-bond donors (Lipinski definition) is 2. The molecule has 0 aliphatic carbocycles. The highest BCUT2D eigenvalue weighted by atomic mass is 16.6. The number of nitro benzene ring substituents is 1. The molecule has 1 heterocycles. The number of aromatic nitrogens is 2. The van der Waals surface area contributed by atoms with Gasteiger partial charge in [-0.15, -0.1) is 0 Å². The van der Waals surface area contributed by atoms with Gasteiger partial charge in [0.2, 0.25) is 0 Å². The number of rotatable bonds is 4. The highest BCUT2D eigenvalue weighted by molar-refractivity contribution is 5.91. The van der Waals surface area contributed by atoms with Crippen molar-refractivity contribution < 1.29 is 14.8 Å². The first-order valence-electron chi connectivity index (χ1n) is 6.69. The van der Waals surface area contributed by atoms with Crippen LogP contribution < -0.4 is 0 Å². The van der Waals surface area contributed by atoms with Gasteiger partial charge in [0.15, 0.2) is 0 Å². The van der Waals surface area contributed by atoms with Gasteiger partial charge in [-0.25, -0.2) is 4.79 Å². The molecular weight excluding hydrogens is 298 g/mol. The van der Waals surface area contributed by atoms with Crippen molar-refractivity contribution in [2.75, 3.05) is 0 Å². The summed E-state index contributed by atoms with van der Waals surface area (Å²) in [4.78, 5) is 21.4. The van der Waals surface area contributed by atoms with E-state index in [1.807, 2.05) is 24.3 Å². The first kappa shape index (κ1) is 14.5. The average Bonchev–Trinajstić information content (AvgIpc) is 2.95. The van der Waals surface area contributed by atoms with Crippen LogP contribution in [0.2, 0.25) is 0 Å². The fraction of sp³-hybridized carbons (Fsp3) is 0. The second-order valence-corrected chi connectivity index (χ2v) is 4.82. The van der Waals surface area contributed by atoms with Gasteiger partial charge in [0.1, 0.15) is 0 Å². The summed E-state index contributed by atoms with van der Waals surface area (Å²) in [6, 6.07) is 11.3. The molecule has 0 aliphatic rings. The van der Waals surface area contributed by atoms with Crippen molar-refractivity contribution in [2.24, 2.45) is 0 Å². The van der Waals surface area contributed by atoms with Crippen molar-refractivity contribution in [3.05, 3.63) is 69.4 Å². The van der Waals surface area contributed by atoms with E-state index in [0.29, 0.717) is 11.3 Å². The summed E-state index contributed by atoms with van der Waals surface area (Å²) in [5.74, 6) is -1.21. The van der Waals surface area contributed by atoms with E-state index in [9.17, 15) is 14.9 Å². The molecule has 0 fully saturated rings. The minimum atomic E-state index is -1.21. The molecule has 0 aliphatic heterocycles. The van der Waals surface area contributed by atoms with E-state index >= 15 is 0 Å². The smallest absolute Gasteiger partial charge is 0.335 e. The topological polar surface area (TPSA) is 109 Å². The van der Waals surface area contributed by atoms with Crippen LogP contribution in [-0.2, 0) is 0 Å². The molecule has 3 aromatic rings. The second-order valence-electron chi connectivity index (χ2n) is 4.82. The number of nitro groups is 1. The van der Waals surface area contributed by atoms with E-state index in [1.165, 1.54) is 12.1 Å². The third-order valence-corrected chi connectivity index (χ3v) is 3.39. The standard InChI is InChI=1S/C16H11N3O4/c20-16(21)11-6-5-10(15(9-11)19(22)23)7-8-14-12-3-1-2-4-13(12)17-18-14/h1-9H,(H,17,18)(H,20,21)/b8-7+. The highest BCUT2D eigenvalue weighted by Crippen LogP contribution is 2.24. The zero-order valence-electron chi connectivity index (χ0n) is 11.8. The van der Waals surface area contributed by atoms with Crippen LogP contribution in [0.15, 0.2) is 42.5 Å². The Morgan fingerprint density at radius 3 is 2.74 bits per heavy atom. The number of H-pyrrole nitrogens is 1. The van der Waals surface area contributed by atoms with Gasteiger partial charge < -0.3 is 5.11 Å². The largest absolute Gasteiger partial charge is 0.478 e. The summed E-state index contributed by atoms with van der Waals surface area (Å²) < 4.78 is 0. The molecule has 7 heteroatoms. The number of nitrogens with one attached hydrogen (secondary N) is 1. The Morgan fingerprint density at radius 1 is 1.22 bits per heavy atom. The summed E-state index contributed by atoms with van der Waals surface area (Å²) in [5.41, 5.74) is 1.44. The molecule has 0 unspecified atom stereocenters. The molecule has 2 aromatic carbocycles. The van der Waals surface area contributed by atoms with E-state index in [4.69, 9.17) is 5.11 Å². The van der Waals surface area contributed by atoms with E-state index in [0.717, 1.165) is 17.0 Å². The number of benzene rings is 2. The Kier molecular flexibility index (Phi) is 3.60. The van der Waals surface area contributed by atoms with Gasteiger partial charge in [-0.2, -0.15) is 5.10 Å². The van der Waals surface area contributed by atoms with Gasteiger partial charge in [-0.1, -0.05) is 18.2 Å². The Balaban J connectivity index is 2.02. The molecule has 2 N–H and O–H groups in total. The lowest BCUT2D eigenvalue weighted by Gasteiger charge is -1.99. The zero-order chi connectivity index (χ0) is 16.4. The van der Waals surface area contributed by atoms with Crippen LogP contribution in [0.5, 0.6) is 0 Å². The van der Waals surface area contributed by atoms with Gasteiger partial charge in [0.05, 0.1) is 27.3 Å². The summed E-state index contributed by atoms with van der Waals surface area (Å²) in [5, 5.41) is 28.0. The third kappa shape index (κ3) is 2.80. The van der Waals surface area contributed by atoms with Crippen LogP contribution in [0.4, 0.5) is 5.69 Å². The Labute approximate surface area is 130 Å². The van der Waals surface area contributed by atoms with E-state index in [-0.39, 0.29) is 11.3 Å². The maximum atomic E-state index is 11.1. The van der Waals surface area contributed by atoms with Crippen LogP contribution in [0.1, 0.15) is 21.6 Å². The monoisotopic (exact) mass is 309 g/mol. The van der Waals surface area contributed by atoms with Crippen molar-refractivity contribution in [1.29, 1.82) is 0 Å². The van der Waals surface area contributed by atoms with Gasteiger partial charge >= 0.3 is 5.97 Å². The summed E-state index contributed by atoms with van der Waals surface area (Å²) >= 11 is 0. The number of aromatic amines is 1. The highest BCUT2D eigenvalue weighted by Gasteiger charge is 2.15. The van der Waals surface area contributed by atoms with Crippen LogP contribution >= 0.6 is 0 Å². The SMILES string of the molecule is O=C(O)c1ccc(/C=C/c2n[nH]c3ccccc23)c([N+](=O)[O-])c1. The number of para-hydroxylation sites is 1. The van der Waals surface area contributed by atoms with E-state index < -0.39 is 10.9 Å². The second kappa shape index (κ2) is 5.72. The normalized spacial score (nSPS) is 11.1. The van der Waals surface area contributed by atoms with Crippen LogP contribution in [0.25, 0.3) is 23.1 Å². The van der Waals surface area contributed by atoms with Crippen LogP contribution in [0, 0.1) is 10.1 Å². The van der Waals surface area contributed by atoms with E-state index in [2.05, 4.69) is 10.2 Å². The van der Waals surface area contributed by atoms with Crippen molar-refractivity contribution in [3.8, 4) is 0 Å². The quantitative estimate of drug-likeness (QED) is 0.567. The maximum Gasteiger partial charge on any atom is 0.335 e. The molecule has 114 valence electrons. The lowest BCUT2D eigenvalue weighted by molar-refractivity contribution is -0.385. The van der Waals surface area contributed by atoms with Crippen molar-refractivity contribution in [2.45, 2.75) is 0 Å². The van der Waals surface area contributed by atoms with Gasteiger partial charge in [0, 0.05) is 11.5 Å². The Bertz CT molecular complexity index is 943. The number of hydrogen-bond acceptors (Lipinski definition) is 4. The van der Waals surface area contributed by atoms with Crippen LogP contribution in [-0.4, -0.2) is 26.2 Å². The Morgan fingerprint density at radius 2 is 2.00 bits per heavy atom. The number of aromatic carboxylic acids is 1. The summed E-state index contributed by atoms with van der Waals surface area (Å²) in [7, 11) is 0. The number of carboxylic acid groups (broad SMARTS) is 1. The fourth-order valence-electron chi connectivity index (χ4n) is 2.26. The maximum absolute atomic E-state index is 11.1. The molecule has 0 atom stereocenters. The van der Waals surface area contributed by atoms with Gasteiger partial charge in [-0.05, 0) is 30.4 Å². The van der Waals surface area contributed by atoms with E-state index in [1.54, 1.807) is 12.2 Å². The minimum absolute atomic E-state index is 0.126. The first-order valence-corrected chi connectivity index (χ1v) is 6.69. The predicted molar refractivity (Wildman–Crippen MR) is 85.1 cm³/mol. The molecule has 0 spiro atoms. The molecule has 23 heavy (non-hydrogen) atoms. The number of carbonyl (C=O) groups is 1. The molecule has 0 saturated heterocycles. The minimum Gasteiger partial charge on any atom is -0.478 e. The van der Waals surface area contributed by atoms with Crippen molar-refractivity contribution in [1.82, 2.24) is 10.2 Å². The zero-order valence-corrected chi connectivity index (χ0v) is 11.8. The third-order valence-electron chi connectivity index (χ3n) is 3.39. The first-order chi connectivity index (χ1) is 11.1. The molecule has 3 rings (SSSR count). The average molecular weight is 309 g/mol. The molecule has 7 nitrogen and oxygen atoms in total. The molecular formula is C16H11N3O4.